The molecule has 1 N–H and O–H groups in total. The molecule has 1 heterocycles. The first-order valence-corrected chi connectivity index (χ1v) is 10.7. The normalized spacial score (nSPS) is 10.9. The predicted molar refractivity (Wildman–Crippen MR) is 125 cm³/mol. The van der Waals surface area contributed by atoms with Crippen LogP contribution in [-0.2, 0) is 6.61 Å². The SMILES string of the molecule is CCOc1cc(/C=N\NC(=O)c2ccc(C)o2)cc(I)c1OCc1ccccc1Cl. The zero-order chi connectivity index (χ0) is 21.5. The summed E-state index contributed by atoms with van der Waals surface area (Å²) in [6.45, 7) is 4.47. The number of amides is 1. The Hall–Kier alpha value is -2.52. The molecule has 0 atom stereocenters. The highest BCUT2D eigenvalue weighted by atomic mass is 127. The van der Waals surface area contributed by atoms with E-state index in [-0.39, 0.29) is 5.76 Å². The highest BCUT2D eigenvalue weighted by Crippen LogP contribution is 2.35. The number of furan rings is 1. The quantitative estimate of drug-likeness (QED) is 0.231. The second-order valence-corrected chi connectivity index (χ2v) is 7.82. The van der Waals surface area contributed by atoms with Crippen LogP contribution in [0.3, 0.4) is 0 Å². The molecule has 0 saturated carbocycles. The third kappa shape index (κ3) is 5.76. The van der Waals surface area contributed by atoms with Crippen LogP contribution in [0.25, 0.3) is 0 Å². The summed E-state index contributed by atoms with van der Waals surface area (Å²) in [5, 5.41) is 4.65. The Kier molecular flexibility index (Phi) is 7.75. The van der Waals surface area contributed by atoms with Gasteiger partial charge in [0.1, 0.15) is 12.4 Å². The van der Waals surface area contributed by atoms with Crippen molar-refractivity contribution in [3.8, 4) is 11.5 Å². The number of carbonyl (C=O) groups is 1. The Morgan fingerprint density at radius 1 is 1.23 bits per heavy atom. The second-order valence-electron chi connectivity index (χ2n) is 6.25. The van der Waals surface area contributed by atoms with Crippen molar-refractivity contribution >= 4 is 46.3 Å². The van der Waals surface area contributed by atoms with Crippen molar-refractivity contribution in [3.63, 3.8) is 0 Å². The number of hydrogen-bond donors (Lipinski definition) is 1. The zero-order valence-electron chi connectivity index (χ0n) is 16.4. The van der Waals surface area contributed by atoms with Gasteiger partial charge >= 0.3 is 5.91 Å². The molecular formula is C22H20ClIN2O4. The van der Waals surface area contributed by atoms with Crippen molar-refractivity contribution in [1.82, 2.24) is 5.43 Å². The summed E-state index contributed by atoms with van der Waals surface area (Å²) in [6.07, 6.45) is 1.54. The first-order chi connectivity index (χ1) is 14.5. The first kappa shape index (κ1) is 22.2. The molecule has 0 saturated heterocycles. The number of rotatable bonds is 8. The van der Waals surface area contributed by atoms with E-state index in [1.165, 1.54) is 6.21 Å². The van der Waals surface area contributed by atoms with E-state index < -0.39 is 5.91 Å². The molecule has 1 amide bonds. The number of benzene rings is 2. The van der Waals surface area contributed by atoms with Gasteiger partial charge in [-0.2, -0.15) is 5.10 Å². The van der Waals surface area contributed by atoms with E-state index in [4.69, 9.17) is 25.5 Å². The predicted octanol–water partition coefficient (Wildman–Crippen LogP) is 5.59. The van der Waals surface area contributed by atoms with E-state index in [2.05, 4.69) is 33.1 Å². The van der Waals surface area contributed by atoms with Crippen LogP contribution < -0.4 is 14.9 Å². The van der Waals surface area contributed by atoms with Gasteiger partial charge in [0, 0.05) is 10.6 Å². The van der Waals surface area contributed by atoms with Gasteiger partial charge in [0.05, 0.1) is 16.4 Å². The van der Waals surface area contributed by atoms with Crippen LogP contribution in [0.4, 0.5) is 0 Å². The van der Waals surface area contributed by atoms with Crippen LogP contribution >= 0.6 is 34.2 Å². The fraction of sp³-hybridized carbons (Fsp3) is 0.182. The highest BCUT2D eigenvalue weighted by molar-refractivity contribution is 14.1. The average Bonchev–Trinajstić information content (AvgIpc) is 3.15. The molecule has 6 nitrogen and oxygen atoms in total. The van der Waals surface area contributed by atoms with Crippen molar-refractivity contribution in [1.29, 1.82) is 0 Å². The van der Waals surface area contributed by atoms with E-state index in [9.17, 15) is 4.79 Å². The largest absolute Gasteiger partial charge is 0.490 e. The fourth-order valence-electron chi connectivity index (χ4n) is 2.61. The molecule has 8 heteroatoms. The van der Waals surface area contributed by atoms with Crippen LogP contribution in [0.1, 0.15) is 34.4 Å². The Labute approximate surface area is 193 Å². The molecule has 0 aliphatic heterocycles. The minimum absolute atomic E-state index is 0.206. The van der Waals surface area contributed by atoms with E-state index in [1.54, 1.807) is 25.1 Å². The summed E-state index contributed by atoms with van der Waals surface area (Å²) in [4.78, 5) is 12.0. The van der Waals surface area contributed by atoms with E-state index in [0.717, 1.165) is 14.7 Å². The van der Waals surface area contributed by atoms with Gasteiger partial charge in [0.2, 0.25) is 0 Å². The number of ether oxygens (including phenoxy) is 2. The molecule has 3 rings (SSSR count). The number of hydrazone groups is 1. The number of nitrogens with zero attached hydrogens (tertiary/aromatic N) is 1. The fourth-order valence-corrected chi connectivity index (χ4v) is 3.58. The molecule has 2 aromatic carbocycles. The lowest BCUT2D eigenvalue weighted by atomic mass is 10.2. The second kappa shape index (κ2) is 10.5. The Morgan fingerprint density at radius 2 is 2.03 bits per heavy atom. The molecule has 0 aliphatic carbocycles. The van der Waals surface area contributed by atoms with Crippen molar-refractivity contribution in [2.75, 3.05) is 6.61 Å². The van der Waals surface area contributed by atoms with E-state index in [1.807, 2.05) is 37.3 Å². The molecule has 0 aliphatic rings. The van der Waals surface area contributed by atoms with Gasteiger partial charge in [-0.15, -0.1) is 0 Å². The number of aryl methyl sites for hydroxylation is 1. The van der Waals surface area contributed by atoms with Crippen LogP contribution in [0.2, 0.25) is 5.02 Å². The smallest absolute Gasteiger partial charge is 0.307 e. The van der Waals surface area contributed by atoms with Crippen LogP contribution in [-0.4, -0.2) is 18.7 Å². The summed E-state index contributed by atoms with van der Waals surface area (Å²) in [7, 11) is 0. The molecule has 3 aromatic rings. The van der Waals surface area contributed by atoms with Gasteiger partial charge in [-0.25, -0.2) is 5.43 Å². The Balaban J connectivity index is 1.73. The topological polar surface area (TPSA) is 73.1 Å². The van der Waals surface area contributed by atoms with Gasteiger partial charge in [0.15, 0.2) is 17.3 Å². The minimum atomic E-state index is -0.418. The number of nitrogens with one attached hydrogen (secondary N) is 1. The van der Waals surface area contributed by atoms with Gasteiger partial charge < -0.3 is 13.9 Å². The molecule has 0 spiro atoms. The average molecular weight is 539 g/mol. The first-order valence-electron chi connectivity index (χ1n) is 9.20. The van der Waals surface area contributed by atoms with Gasteiger partial charge in [-0.3, -0.25) is 4.79 Å². The lowest BCUT2D eigenvalue weighted by Crippen LogP contribution is -2.16. The minimum Gasteiger partial charge on any atom is -0.490 e. The summed E-state index contributed by atoms with van der Waals surface area (Å²) in [6, 6.07) is 14.5. The number of hydrogen-bond acceptors (Lipinski definition) is 5. The molecule has 0 fully saturated rings. The lowest BCUT2D eigenvalue weighted by Gasteiger charge is -2.15. The lowest BCUT2D eigenvalue weighted by molar-refractivity contribution is 0.0926. The van der Waals surface area contributed by atoms with E-state index >= 15 is 0 Å². The van der Waals surface area contributed by atoms with Gasteiger partial charge in [-0.1, -0.05) is 29.8 Å². The Bertz CT molecular complexity index is 1070. The van der Waals surface area contributed by atoms with Gasteiger partial charge in [0.25, 0.3) is 0 Å². The van der Waals surface area contributed by atoms with Crippen molar-refractivity contribution in [3.05, 3.63) is 79.8 Å². The van der Waals surface area contributed by atoms with Crippen molar-refractivity contribution in [2.45, 2.75) is 20.5 Å². The van der Waals surface area contributed by atoms with Crippen LogP contribution in [0.5, 0.6) is 11.5 Å². The summed E-state index contributed by atoms with van der Waals surface area (Å²) in [5.41, 5.74) is 4.09. The third-order valence-corrected chi connectivity index (χ3v) is 5.18. The summed E-state index contributed by atoms with van der Waals surface area (Å²) >= 11 is 8.39. The maximum atomic E-state index is 12.0. The molecule has 30 heavy (non-hydrogen) atoms. The molecule has 0 radical (unpaired) electrons. The highest BCUT2D eigenvalue weighted by Gasteiger charge is 2.13. The third-order valence-electron chi connectivity index (χ3n) is 4.01. The molecule has 0 bridgehead atoms. The van der Waals surface area contributed by atoms with Crippen LogP contribution in [0, 0.1) is 10.5 Å². The van der Waals surface area contributed by atoms with Crippen molar-refractivity contribution < 1.29 is 18.7 Å². The summed E-state index contributed by atoms with van der Waals surface area (Å²) < 4.78 is 17.9. The summed E-state index contributed by atoms with van der Waals surface area (Å²) in [5.74, 6) is 1.67. The molecular weight excluding hydrogens is 519 g/mol. The Morgan fingerprint density at radius 3 is 2.73 bits per heavy atom. The maximum absolute atomic E-state index is 12.0. The zero-order valence-corrected chi connectivity index (χ0v) is 19.4. The maximum Gasteiger partial charge on any atom is 0.307 e. The molecule has 0 unspecified atom stereocenters. The number of carbonyl (C=O) groups excluding carboxylic acids is 1. The van der Waals surface area contributed by atoms with Gasteiger partial charge in [-0.05, 0) is 72.3 Å². The molecule has 156 valence electrons. The standard InChI is InChI=1S/C22H20ClIN2O4/c1-3-28-20-11-15(12-25-26-22(27)19-9-8-14(2)30-19)10-18(24)21(20)29-13-16-6-4-5-7-17(16)23/h4-12H,3,13H2,1-2H3,(H,26,27)/b25-12-. The van der Waals surface area contributed by atoms with Crippen LogP contribution in [0.15, 0.2) is 58.0 Å². The molecule has 1 aromatic heterocycles. The van der Waals surface area contributed by atoms with E-state index in [0.29, 0.717) is 35.5 Å². The van der Waals surface area contributed by atoms with Crippen molar-refractivity contribution in [2.24, 2.45) is 5.10 Å². The monoisotopic (exact) mass is 538 g/mol. The number of halogens is 2.